The number of carbonyl (C=O) groups is 1. The molecular formula is C23H30F3N5O. The fourth-order valence-electron chi connectivity index (χ4n) is 5.04. The van der Waals surface area contributed by atoms with Crippen molar-refractivity contribution in [3.05, 3.63) is 35.7 Å². The molecule has 2 aliphatic heterocycles. The van der Waals surface area contributed by atoms with E-state index in [4.69, 9.17) is 0 Å². The fraction of sp³-hybridized carbons (Fsp3) is 0.652. The van der Waals surface area contributed by atoms with Crippen LogP contribution in [-0.4, -0.2) is 81.9 Å². The van der Waals surface area contributed by atoms with Crippen molar-refractivity contribution in [2.24, 2.45) is 5.92 Å². The number of nitrogens with zero attached hydrogens (tertiary/aromatic N) is 5. The fourth-order valence-corrected chi connectivity index (χ4v) is 5.04. The van der Waals surface area contributed by atoms with Crippen molar-refractivity contribution in [2.75, 3.05) is 39.3 Å². The highest BCUT2D eigenvalue weighted by molar-refractivity contribution is 5.78. The van der Waals surface area contributed by atoms with Crippen molar-refractivity contribution in [2.45, 2.75) is 50.9 Å². The van der Waals surface area contributed by atoms with Gasteiger partial charge < -0.3 is 4.90 Å². The predicted octanol–water partition coefficient (Wildman–Crippen LogP) is 2.92. The molecule has 174 valence electrons. The van der Waals surface area contributed by atoms with Gasteiger partial charge in [-0.15, -0.1) is 0 Å². The van der Waals surface area contributed by atoms with E-state index in [1.54, 1.807) is 10.8 Å². The molecular weight excluding hydrogens is 419 g/mol. The standard InChI is InChI=1S/C23H30F3N5O/c24-23(25,26)18-4-6-20(7-5-18)31-15-17-14-28(9-8-21(17)27-31)16-22(32)30-12-10-29(11-13-30)19-2-1-3-19/h4,6-7,15,18-19H,1-3,5,8-14,16H2. The minimum Gasteiger partial charge on any atom is -0.339 e. The zero-order valence-electron chi connectivity index (χ0n) is 18.2. The topological polar surface area (TPSA) is 44.6 Å². The lowest BCUT2D eigenvalue weighted by Gasteiger charge is -2.43. The quantitative estimate of drug-likeness (QED) is 0.709. The van der Waals surface area contributed by atoms with E-state index in [1.807, 2.05) is 11.1 Å². The van der Waals surface area contributed by atoms with Gasteiger partial charge in [-0.05, 0) is 25.3 Å². The Morgan fingerprint density at radius 3 is 2.53 bits per heavy atom. The van der Waals surface area contributed by atoms with E-state index in [0.29, 0.717) is 18.8 Å². The Kier molecular flexibility index (Phi) is 5.88. The lowest BCUT2D eigenvalue weighted by molar-refractivity contribution is -0.160. The zero-order chi connectivity index (χ0) is 22.3. The molecule has 1 atom stereocenters. The summed E-state index contributed by atoms with van der Waals surface area (Å²) in [6.07, 6.45) is 6.62. The number of amides is 1. The number of halogens is 3. The number of alkyl halides is 3. The number of carbonyl (C=O) groups excluding carboxylic acids is 1. The van der Waals surface area contributed by atoms with Crippen molar-refractivity contribution in [1.29, 1.82) is 0 Å². The summed E-state index contributed by atoms with van der Waals surface area (Å²) < 4.78 is 40.3. The number of fused-ring (bicyclic) bond motifs is 1. The van der Waals surface area contributed by atoms with Gasteiger partial charge in [-0.25, -0.2) is 4.68 Å². The number of hydrogen-bond acceptors (Lipinski definition) is 4. The first kappa shape index (κ1) is 21.7. The largest absolute Gasteiger partial charge is 0.395 e. The van der Waals surface area contributed by atoms with Crippen LogP contribution in [-0.2, 0) is 17.8 Å². The first-order chi connectivity index (χ1) is 15.4. The van der Waals surface area contributed by atoms with E-state index in [0.717, 1.165) is 56.4 Å². The number of allylic oxidation sites excluding steroid dienone is 4. The highest BCUT2D eigenvalue weighted by Gasteiger charge is 2.38. The Hall–Kier alpha value is -2.13. The third-order valence-corrected chi connectivity index (χ3v) is 7.32. The van der Waals surface area contributed by atoms with Crippen molar-refractivity contribution >= 4 is 11.6 Å². The van der Waals surface area contributed by atoms with Crippen molar-refractivity contribution in [1.82, 2.24) is 24.5 Å². The predicted molar refractivity (Wildman–Crippen MR) is 115 cm³/mol. The van der Waals surface area contributed by atoms with Gasteiger partial charge in [0, 0.05) is 63.5 Å². The van der Waals surface area contributed by atoms with Crippen LogP contribution in [0.5, 0.6) is 0 Å². The van der Waals surface area contributed by atoms with E-state index >= 15 is 0 Å². The lowest BCUT2D eigenvalue weighted by Crippen LogP contribution is -2.55. The second-order valence-corrected chi connectivity index (χ2v) is 9.38. The van der Waals surface area contributed by atoms with Crippen LogP contribution in [0.4, 0.5) is 13.2 Å². The zero-order valence-corrected chi connectivity index (χ0v) is 18.2. The summed E-state index contributed by atoms with van der Waals surface area (Å²) in [4.78, 5) is 19.5. The second-order valence-electron chi connectivity index (χ2n) is 9.38. The molecule has 1 aromatic rings. The summed E-state index contributed by atoms with van der Waals surface area (Å²) >= 11 is 0. The minimum absolute atomic E-state index is 0.0610. The smallest absolute Gasteiger partial charge is 0.339 e. The molecule has 9 heteroatoms. The first-order valence-corrected chi connectivity index (χ1v) is 11.6. The molecule has 1 saturated carbocycles. The summed E-state index contributed by atoms with van der Waals surface area (Å²) in [6.45, 7) is 5.39. The van der Waals surface area contributed by atoms with Crippen molar-refractivity contribution < 1.29 is 18.0 Å². The van der Waals surface area contributed by atoms with Gasteiger partial charge in [0.15, 0.2) is 0 Å². The van der Waals surface area contributed by atoms with Crippen molar-refractivity contribution in [3.8, 4) is 0 Å². The molecule has 0 aromatic carbocycles. The summed E-state index contributed by atoms with van der Waals surface area (Å²) in [5.74, 6) is -1.24. The highest BCUT2D eigenvalue weighted by Crippen LogP contribution is 2.34. The monoisotopic (exact) mass is 449 g/mol. The van der Waals surface area contributed by atoms with Gasteiger partial charge in [-0.3, -0.25) is 14.6 Å². The van der Waals surface area contributed by atoms with Crippen LogP contribution in [0.1, 0.15) is 36.9 Å². The first-order valence-electron chi connectivity index (χ1n) is 11.6. The van der Waals surface area contributed by atoms with E-state index in [-0.39, 0.29) is 12.3 Å². The van der Waals surface area contributed by atoms with Crippen LogP contribution in [0.15, 0.2) is 24.4 Å². The van der Waals surface area contributed by atoms with Crippen LogP contribution >= 0.6 is 0 Å². The highest BCUT2D eigenvalue weighted by atomic mass is 19.4. The maximum absolute atomic E-state index is 12.9. The summed E-state index contributed by atoms with van der Waals surface area (Å²) in [5, 5.41) is 4.59. The Labute approximate surface area is 186 Å². The minimum atomic E-state index is -4.21. The molecule has 0 radical (unpaired) electrons. The maximum atomic E-state index is 12.9. The molecule has 0 bridgehead atoms. The van der Waals surface area contributed by atoms with Crippen molar-refractivity contribution in [3.63, 3.8) is 0 Å². The molecule has 32 heavy (non-hydrogen) atoms. The van der Waals surface area contributed by atoms with Crippen LogP contribution in [0.25, 0.3) is 5.70 Å². The molecule has 1 aromatic heterocycles. The number of rotatable bonds is 4. The second kappa shape index (κ2) is 8.67. The average Bonchev–Trinajstić information content (AvgIpc) is 3.16. The van der Waals surface area contributed by atoms with Gasteiger partial charge in [-0.1, -0.05) is 18.6 Å². The molecule has 0 N–H and O–H groups in total. The van der Waals surface area contributed by atoms with E-state index in [2.05, 4.69) is 14.9 Å². The molecule has 2 fully saturated rings. The van der Waals surface area contributed by atoms with Crippen LogP contribution in [0, 0.1) is 5.92 Å². The maximum Gasteiger partial charge on any atom is 0.395 e. The Morgan fingerprint density at radius 2 is 1.91 bits per heavy atom. The molecule has 1 amide bonds. The van der Waals surface area contributed by atoms with Gasteiger partial charge >= 0.3 is 6.18 Å². The van der Waals surface area contributed by atoms with Gasteiger partial charge in [0.2, 0.25) is 5.91 Å². The normalized spacial score (nSPS) is 25.4. The Bertz CT molecular complexity index is 909. The summed E-state index contributed by atoms with van der Waals surface area (Å²) in [6, 6.07) is 0.734. The average molecular weight is 450 g/mol. The molecule has 0 spiro atoms. The van der Waals surface area contributed by atoms with Gasteiger partial charge in [-0.2, -0.15) is 18.3 Å². The molecule has 1 unspecified atom stereocenters. The molecule has 3 heterocycles. The molecule has 6 nitrogen and oxygen atoms in total. The lowest BCUT2D eigenvalue weighted by atomic mass is 9.91. The SMILES string of the molecule is O=C(CN1CCc2nn(C3=CCC(C(F)(F)F)C=C3)cc2C1)N1CCN(C2CCC2)CC1. The summed E-state index contributed by atoms with van der Waals surface area (Å²) in [5.41, 5.74) is 2.69. The Balaban J connectivity index is 1.15. The third-order valence-electron chi connectivity index (χ3n) is 7.32. The molecule has 1 saturated heterocycles. The van der Waals surface area contributed by atoms with E-state index < -0.39 is 12.1 Å². The van der Waals surface area contributed by atoms with Crippen LogP contribution in [0.3, 0.4) is 0 Å². The van der Waals surface area contributed by atoms with E-state index in [9.17, 15) is 18.0 Å². The van der Waals surface area contributed by atoms with Gasteiger partial charge in [0.05, 0.1) is 23.9 Å². The molecule has 4 aliphatic rings. The third kappa shape index (κ3) is 4.50. The van der Waals surface area contributed by atoms with Crippen LogP contribution in [0.2, 0.25) is 0 Å². The van der Waals surface area contributed by atoms with Gasteiger partial charge in [0.1, 0.15) is 0 Å². The van der Waals surface area contributed by atoms with Gasteiger partial charge in [0.25, 0.3) is 0 Å². The van der Waals surface area contributed by atoms with E-state index in [1.165, 1.54) is 31.4 Å². The Morgan fingerprint density at radius 1 is 1.12 bits per heavy atom. The summed E-state index contributed by atoms with van der Waals surface area (Å²) in [7, 11) is 0. The number of hydrogen-bond donors (Lipinski definition) is 0. The number of piperazine rings is 1. The molecule has 2 aliphatic carbocycles. The van der Waals surface area contributed by atoms with Crippen LogP contribution < -0.4 is 0 Å². The molecule has 5 rings (SSSR count). The number of aromatic nitrogens is 2.